The number of hydrogen-bond donors (Lipinski definition) is 4. The Labute approximate surface area is 165 Å². The Morgan fingerprint density at radius 1 is 1.26 bits per heavy atom. The first kappa shape index (κ1) is 20.8. The third kappa shape index (κ3) is 5.49. The van der Waals surface area contributed by atoms with E-state index >= 15 is 0 Å². The number of carbonyl (C=O) groups is 1. The van der Waals surface area contributed by atoms with Gasteiger partial charge in [0.2, 0.25) is 0 Å². The van der Waals surface area contributed by atoms with Crippen LogP contribution in [0.3, 0.4) is 0 Å². The van der Waals surface area contributed by atoms with Gasteiger partial charge in [0.05, 0.1) is 23.3 Å². The second-order valence-corrected chi connectivity index (χ2v) is 6.40. The molecular weight excluding hydrogens is 395 g/mol. The van der Waals surface area contributed by atoms with E-state index in [0.717, 1.165) is 0 Å². The van der Waals surface area contributed by atoms with Crippen molar-refractivity contribution in [1.29, 1.82) is 5.26 Å². The minimum atomic E-state index is -1.27. The molecule has 2 aromatic carbocycles. The molecule has 0 saturated heterocycles. The normalized spacial score (nSPS) is 12.7. The second kappa shape index (κ2) is 9.44. The van der Waals surface area contributed by atoms with E-state index in [2.05, 4.69) is 5.32 Å². The monoisotopic (exact) mass is 410 g/mol. The third-order valence-corrected chi connectivity index (χ3v) is 4.05. The quantitative estimate of drug-likeness (QED) is 0.527. The second-order valence-electron chi connectivity index (χ2n) is 5.56. The average molecular weight is 411 g/mol. The summed E-state index contributed by atoms with van der Waals surface area (Å²) in [5.41, 5.74) is 1.04. The molecule has 0 aliphatic heterocycles. The Morgan fingerprint density at radius 2 is 1.93 bits per heavy atom. The summed E-state index contributed by atoms with van der Waals surface area (Å²) in [5, 5.41) is 40.0. The molecule has 0 saturated carbocycles. The molecule has 0 spiro atoms. The lowest BCUT2D eigenvalue weighted by Crippen LogP contribution is -2.24. The van der Waals surface area contributed by atoms with Gasteiger partial charge in [0, 0.05) is 16.3 Å². The van der Waals surface area contributed by atoms with Crippen molar-refractivity contribution in [2.45, 2.75) is 12.1 Å². The number of halogens is 2. The molecule has 4 N–H and O–H groups in total. The summed E-state index contributed by atoms with van der Waals surface area (Å²) in [4.78, 5) is 11.9. The smallest absolute Gasteiger partial charge is 0.330 e. The van der Waals surface area contributed by atoms with E-state index in [1.807, 2.05) is 6.07 Å². The van der Waals surface area contributed by atoms with Crippen molar-refractivity contribution in [2.75, 3.05) is 18.5 Å². The fourth-order valence-electron chi connectivity index (χ4n) is 2.26. The number of hydrogen-bond acceptors (Lipinski definition) is 6. The van der Waals surface area contributed by atoms with E-state index in [9.17, 15) is 15.0 Å². The van der Waals surface area contributed by atoms with Crippen molar-refractivity contribution in [1.82, 2.24) is 0 Å². The maximum Gasteiger partial charge on any atom is 0.330 e. The number of anilines is 1. The highest BCUT2D eigenvalue weighted by molar-refractivity contribution is 6.35. The van der Waals surface area contributed by atoms with Crippen LogP contribution < -0.4 is 10.1 Å². The number of rotatable bonds is 8. The van der Waals surface area contributed by atoms with Crippen molar-refractivity contribution in [2.24, 2.45) is 0 Å². The van der Waals surface area contributed by atoms with Crippen LogP contribution in [0.2, 0.25) is 10.0 Å². The van der Waals surface area contributed by atoms with Gasteiger partial charge in [-0.05, 0) is 36.4 Å². The predicted molar refractivity (Wildman–Crippen MR) is 100 cm³/mol. The highest BCUT2D eigenvalue weighted by Crippen LogP contribution is 2.37. The molecule has 142 valence electrons. The highest BCUT2D eigenvalue weighted by atomic mass is 35.5. The van der Waals surface area contributed by atoms with Crippen LogP contribution in [0, 0.1) is 11.3 Å². The van der Waals surface area contributed by atoms with Crippen LogP contribution in [0.1, 0.15) is 17.2 Å². The van der Waals surface area contributed by atoms with Crippen LogP contribution in [0.25, 0.3) is 0 Å². The van der Waals surface area contributed by atoms with Gasteiger partial charge < -0.3 is 25.4 Å². The molecule has 0 amide bonds. The lowest BCUT2D eigenvalue weighted by Gasteiger charge is -2.21. The van der Waals surface area contributed by atoms with Crippen LogP contribution in [-0.2, 0) is 4.79 Å². The molecule has 27 heavy (non-hydrogen) atoms. The molecule has 0 bridgehead atoms. The Bertz CT molecular complexity index is 852. The lowest BCUT2D eigenvalue weighted by molar-refractivity contribution is -0.138. The van der Waals surface area contributed by atoms with E-state index in [0.29, 0.717) is 11.3 Å². The molecule has 9 heteroatoms. The number of aliphatic carboxylic acids is 1. The Hall–Kier alpha value is -2.50. The maximum atomic E-state index is 11.9. The van der Waals surface area contributed by atoms with E-state index in [-0.39, 0.29) is 28.0 Å². The topological polar surface area (TPSA) is 123 Å². The Morgan fingerprint density at radius 3 is 2.48 bits per heavy atom. The van der Waals surface area contributed by atoms with E-state index in [1.54, 1.807) is 24.3 Å². The molecular formula is C18H16Cl2N2O5. The molecule has 0 fully saturated rings. The van der Waals surface area contributed by atoms with Crippen molar-refractivity contribution >= 4 is 34.9 Å². The molecule has 2 rings (SSSR count). The number of ether oxygens (including phenoxy) is 1. The molecule has 0 radical (unpaired) electrons. The van der Waals surface area contributed by atoms with E-state index in [4.69, 9.17) is 38.3 Å². The van der Waals surface area contributed by atoms with Crippen LogP contribution in [-0.4, -0.2) is 40.6 Å². The highest BCUT2D eigenvalue weighted by Gasteiger charge is 2.26. The van der Waals surface area contributed by atoms with Crippen LogP contribution in [0.5, 0.6) is 5.75 Å². The first-order chi connectivity index (χ1) is 12.8. The molecule has 2 atom stereocenters. The number of nitriles is 1. The number of benzene rings is 2. The van der Waals surface area contributed by atoms with Gasteiger partial charge >= 0.3 is 5.97 Å². The van der Waals surface area contributed by atoms with Crippen molar-refractivity contribution in [3.63, 3.8) is 0 Å². The zero-order valence-corrected chi connectivity index (χ0v) is 15.4. The Kier molecular flexibility index (Phi) is 7.28. The lowest BCUT2D eigenvalue weighted by atomic mass is 10.0. The minimum absolute atomic E-state index is 0.0297. The zero-order chi connectivity index (χ0) is 20.0. The van der Waals surface area contributed by atoms with E-state index in [1.165, 1.54) is 12.1 Å². The fraction of sp³-hybridized carbons (Fsp3) is 0.222. The van der Waals surface area contributed by atoms with Crippen LogP contribution in [0.4, 0.5) is 5.69 Å². The standard InChI is InChI=1S/C18H16Cl2N2O5/c19-11-5-14(17(15(20)6-11)27-9-13(24)8-23)16(18(25)26)22-12-3-1-10(7-21)2-4-12/h1-6,13,16,22-24H,8-9H2,(H,25,26). The summed E-state index contributed by atoms with van der Waals surface area (Å²) in [6, 6.07) is 9.70. The van der Waals surface area contributed by atoms with Gasteiger partial charge in [-0.25, -0.2) is 4.79 Å². The number of aliphatic hydroxyl groups excluding tert-OH is 2. The summed E-state index contributed by atoms with van der Waals surface area (Å²) in [5.74, 6) is -1.19. The number of nitrogens with zero attached hydrogens (tertiary/aromatic N) is 1. The maximum absolute atomic E-state index is 11.9. The first-order valence-corrected chi connectivity index (χ1v) is 8.51. The summed E-state index contributed by atoms with van der Waals surface area (Å²) in [6.07, 6.45) is -1.15. The van der Waals surface area contributed by atoms with Crippen molar-refractivity contribution in [3.05, 3.63) is 57.6 Å². The van der Waals surface area contributed by atoms with Gasteiger partial charge in [-0.15, -0.1) is 0 Å². The Balaban J connectivity index is 2.39. The van der Waals surface area contributed by atoms with Crippen LogP contribution in [0.15, 0.2) is 36.4 Å². The van der Waals surface area contributed by atoms with Gasteiger partial charge in [-0.1, -0.05) is 23.2 Å². The molecule has 0 aliphatic carbocycles. The molecule has 2 unspecified atom stereocenters. The first-order valence-electron chi connectivity index (χ1n) is 7.76. The summed E-state index contributed by atoms with van der Waals surface area (Å²) >= 11 is 12.2. The van der Waals surface area contributed by atoms with Crippen molar-refractivity contribution < 1.29 is 24.9 Å². The van der Waals surface area contributed by atoms with Crippen molar-refractivity contribution in [3.8, 4) is 11.8 Å². The van der Waals surface area contributed by atoms with E-state index < -0.39 is 24.7 Å². The van der Waals surface area contributed by atoms with Gasteiger partial charge in [0.15, 0.2) is 6.04 Å². The van der Waals surface area contributed by atoms with Gasteiger partial charge in [0.25, 0.3) is 0 Å². The minimum Gasteiger partial charge on any atom is -0.489 e. The molecule has 7 nitrogen and oxygen atoms in total. The number of nitrogens with one attached hydrogen (secondary N) is 1. The summed E-state index contributed by atoms with van der Waals surface area (Å²) < 4.78 is 5.43. The fourth-order valence-corrected chi connectivity index (χ4v) is 2.82. The van der Waals surface area contributed by atoms with Crippen LogP contribution >= 0.6 is 23.2 Å². The molecule has 0 aromatic heterocycles. The van der Waals surface area contributed by atoms with Gasteiger partial charge in [-0.3, -0.25) is 0 Å². The molecule has 0 heterocycles. The largest absolute Gasteiger partial charge is 0.489 e. The van der Waals surface area contributed by atoms with Gasteiger partial charge in [0.1, 0.15) is 18.5 Å². The molecule has 0 aliphatic rings. The SMILES string of the molecule is N#Cc1ccc(NC(C(=O)O)c2cc(Cl)cc(Cl)c2OCC(O)CO)cc1. The molecule has 2 aromatic rings. The zero-order valence-electron chi connectivity index (χ0n) is 13.9. The van der Waals surface area contributed by atoms with Gasteiger partial charge in [-0.2, -0.15) is 5.26 Å². The number of carboxylic acid groups (broad SMARTS) is 1. The predicted octanol–water partition coefficient (Wildman–Crippen LogP) is 2.83. The number of aliphatic hydroxyl groups is 2. The summed E-state index contributed by atoms with van der Waals surface area (Å²) in [6.45, 7) is -0.805. The number of carboxylic acids is 1. The average Bonchev–Trinajstić information content (AvgIpc) is 2.64. The summed E-state index contributed by atoms with van der Waals surface area (Å²) in [7, 11) is 0. The third-order valence-electron chi connectivity index (χ3n) is 3.55.